The molecule has 7 heteroatoms. The molecule has 1 amide bonds. The first-order valence-corrected chi connectivity index (χ1v) is 11.7. The summed E-state index contributed by atoms with van der Waals surface area (Å²) < 4.78 is 5.54. The number of nitrogens with zero attached hydrogens (tertiary/aromatic N) is 3. The van der Waals surface area contributed by atoms with E-state index in [1.54, 1.807) is 0 Å². The van der Waals surface area contributed by atoms with E-state index < -0.39 is 5.60 Å². The van der Waals surface area contributed by atoms with Gasteiger partial charge in [-0.15, -0.1) is 6.58 Å². The van der Waals surface area contributed by atoms with Crippen LogP contribution in [-0.2, 0) is 4.74 Å². The van der Waals surface area contributed by atoms with E-state index in [2.05, 4.69) is 29.0 Å². The van der Waals surface area contributed by atoms with E-state index in [-0.39, 0.29) is 6.09 Å². The summed E-state index contributed by atoms with van der Waals surface area (Å²) in [6.45, 7) is 18.1. The summed E-state index contributed by atoms with van der Waals surface area (Å²) in [5.74, 6) is 1.40. The first kappa shape index (κ1) is 24.5. The van der Waals surface area contributed by atoms with Gasteiger partial charge in [0.15, 0.2) is 5.96 Å². The summed E-state index contributed by atoms with van der Waals surface area (Å²) in [5.41, 5.74) is -0.442. The monoisotopic (exact) mass is 421 g/mol. The van der Waals surface area contributed by atoms with Crippen LogP contribution in [0.25, 0.3) is 0 Å². The van der Waals surface area contributed by atoms with Crippen LogP contribution in [0, 0.1) is 5.92 Å². The van der Waals surface area contributed by atoms with Crippen molar-refractivity contribution in [1.82, 2.24) is 20.4 Å². The Morgan fingerprint density at radius 1 is 1.23 bits per heavy atom. The lowest BCUT2D eigenvalue weighted by molar-refractivity contribution is 0.0163. The highest BCUT2D eigenvalue weighted by Gasteiger charge is 2.27. The molecule has 2 N–H and O–H groups in total. The van der Waals surface area contributed by atoms with E-state index in [1.807, 2.05) is 31.7 Å². The largest absolute Gasteiger partial charge is 0.444 e. The maximum absolute atomic E-state index is 12.4. The van der Waals surface area contributed by atoms with Crippen molar-refractivity contribution in [3.8, 4) is 0 Å². The minimum Gasteiger partial charge on any atom is -0.444 e. The summed E-state index contributed by atoms with van der Waals surface area (Å²) in [5, 5.41) is 6.99. The highest BCUT2D eigenvalue weighted by atomic mass is 16.6. The van der Waals surface area contributed by atoms with E-state index in [4.69, 9.17) is 9.73 Å². The summed E-state index contributed by atoms with van der Waals surface area (Å²) >= 11 is 0. The number of hydrogen-bond acceptors (Lipinski definition) is 4. The molecule has 2 fully saturated rings. The van der Waals surface area contributed by atoms with Crippen LogP contribution in [0.4, 0.5) is 4.79 Å². The molecule has 0 aliphatic carbocycles. The fourth-order valence-corrected chi connectivity index (χ4v) is 4.11. The summed E-state index contributed by atoms with van der Waals surface area (Å²) in [4.78, 5) is 21.5. The number of nitrogens with one attached hydrogen (secondary N) is 2. The van der Waals surface area contributed by atoms with Crippen molar-refractivity contribution >= 4 is 12.1 Å². The van der Waals surface area contributed by atoms with Crippen LogP contribution in [0.1, 0.15) is 59.8 Å². The van der Waals surface area contributed by atoms with Gasteiger partial charge in [-0.05, 0) is 65.7 Å². The molecule has 0 aromatic carbocycles. The molecule has 0 saturated carbocycles. The molecule has 30 heavy (non-hydrogen) atoms. The van der Waals surface area contributed by atoms with E-state index in [0.29, 0.717) is 12.0 Å². The Bertz CT molecular complexity index is 564. The van der Waals surface area contributed by atoms with Crippen LogP contribution in [0.3, 0.4) is 0 Å². The minimum atomic E-state index is -0.442. The van der Waals surface area contributed by atoms with E-state index >= 15 is 0 Å². The molecule has 2 aliphatic heterocycles. The topological polar surface area (TPSA) is 69.2 Å². The quantitative estimate of drug-likeness (QED) is 0.375. The summed E-state index contributed by atoms with van der Waals surface area (Å²) in [6.07, 6.45) is 7.24. The highest BCUT2D eigenvalue weighted by Crippen LogP contribution is 2.21. The first-order valence-electron chi connectivity index (χ1n) is 11.7. The van der Waals surface area contributed by atoms with Crippen molar-refractivity contribution < 1.29 is 9.53 Å². The van der Waals surface area contributed by atoms with Crippen LogP contribution in [-0.4, -0.2) is 79.3 Å². The van der Waals surface area contributed by atoms with Crippen LogP contribution in [0.15, 0.2) is 17.6 Å². The molecule has 0 aromatic heterocycles. The summed E-state index contributed by atoms with van der Waals surface area (Å²) in [7, 11) is 0. The average Bonchev–Trinajstić information content (AvgIpc) is 2.69. The number of rotatable bonds is 7. The maximum atomic E-state index is 12.4. The lowest BCUT2D eigenvalue weighted by Crippen LogP contribution is -2.48. The third-order valence-electron chi connectivity index (χ3n) is 5.64. The Hall–Kier alpha value is -1.76. The number of piperidine rings is 2. The molecule has 0 bridgehead atoms. The number of likely N-dealkylation sites (tertiary alicyclic amines) is 2. The smallest absolute Gasteiger partial charge is 0.410 e. The highest BCUT2D eigenvalue weighted by molar-refractivity contribution is 5.80. The Morgan fingerprint density at radius 3 is 2.60 bits per heavy atom. The predicted molar refractivity (Wildman–Crippen MR) is 124 cm³/mol. The number of carbonyl (C=O) groups excluding carboxylic acids is 1. The fraction of sp³-hybridized carbons (Fsp3) is 0.826. The maximum Gasteiger partial charge on any atom is 0.410 e. The van der Waals surface area contributed by atoms with Crippen LogP contribution >= 0.6 is 0 Å². The minimum absolute atomic E-state index is 0.187. The standard InChI is InChI=1S/C23H43N5O2/c1-6-14-27-16-11-20(12-17-27)26-21(24-7-2)25-13-10-19-9-8-15-28(18-19)22(29)30-23(3,4)5/h6,19-20H,1,7-18H2,2-5H3,(H2,24,25,26). The van der Waals surface area contributed by atoms with Gasteiger partial charge in [0.1, 0.15) is 5.60 Å². The number of aliphatic imine (C=N–C) groups is 1. The van der Waals surface area contributed by atoms with Gasteiger partial charge in [-0.1, -0.05) is 6.08 Å². The van der Waals surface area contributed by atoms with Crippen molar-refractivity contribution in [2.75, 3.05) is 45.8 Å². The number of ether oxygens (including phenoxy) is 1. The van der Waals surface area contributed by atoms with Gasteiger partial charge in [0.05, 0.1) is 0 Å². The van der Waals surface area contributed by atoms with Crippen molar-refractivity contribution in [3.05, 3.63) is 12.7 Å². The third kappa shape index (κ3) is 8.94. The molecule has 0 spiro atoms. The molecule has 0 radical (unpaired) electrons. The van der Waals surface area contributed by atoms with Crippen LogP contribution < -0.4 is 10.6 Å². The molecule has 1 atom stereocenters. The SMILES string of the molecule is C=CCN1CCC(NC(=NCCC2CCCN(C(=O)OC(C)(C)C)C2)NCC)CC1. The van der Waals surface area contributed by atoms with Crippen molar-refractivity contribution in [1.29, 1.82) is 0 Å². The zero-order chi connectivity index (χ0) is 22.0. The van der Waals surface area contributed by atoms with E-state index in [0.717, 1.165) is 83.9 Å². The Labute approximate surface area is 183 Å². The van der Waals surface area contributed by atoms with Gasteiger partial charge in [-0.3, -0.25) is 9.89 Å². The van der Waals surface area contributed by atoms with Gasteiger partial charge in [-0.2, -0.15) is 0 Å². The van der Waals surface area contributed by atoms with E-state index in [9.17, 15) is 4.79 Å². The van der Waals surface area contributed by atoms with Crippen molar-refractivity contribution in [3.63, 3.8) is 0 Å². The van der Waals surface area contributed by atoms with Crippen LogP contribution in [0.2, 0.25) is 0 Å². The molecular formula is C23H43N5O2. The zero-order valence-corrected chi connectivity index (χ0v) is 19.6. The van der Waals surface area contributed by atoms with Crippen LogP contribution in [0.5, 0.6) is 0 Å². The second-order valence-electron chi connectivity index (χ2n) is 9.49. The fourth-order valence-electron chi connectivity index (χ4n) is 4.11. The molecule has 172 valence electrons. The molecule has 2 aliphatic rings. The van der Waals surface area contributed by atoms with Gasteiger partial charge in [0, 0.05) is 51.9 Å². The molecule has 1 unspecified atom stereocenters. The zero-order valence-electron chi connectivity index (χ0n) is 19.6. The number of hydrogen-bond donors (Lipinski definition) is 2. The normalized spacial score (nSPS) is 21.9. The Balaban J connectivity index is 1.78. The second-order valence-corrected chi connectivity index (χ2v) is 9.49. The second kappa shape index (κ2) is 12.2. The lowest BCUT2D eigenvalue weighted by Gasteiger charge is -2.34. The lowest BCUT2D eigenvalue weighted by atomic mass is 9.95. The van der Waals surface area contributed by atoms with Crippen molar-refractivity contribution in [2.24, 2.45) is 10.9 Å². The van der Waals surface area contributed by atoms with Gasteiger partial charge in [0.2, 0.25) is 0 Å². The first-order chi connectivity index (χ1) is 14.3. The third-order valence-corrected chi connectivity index (χ3v) is 5.64. The Kier molecular flexibility index (Phi) is 9.95. The van der Waals surface area contributed by atoms with Crippen molar-refractivity contribution in [2.45, 2.75) is 71.4 Å². The number of guanidine groups is 1. The predicted octanol–water partition coefficient (Wildman–Crippen LogP) is 3.23. The molecule has 2 rings (SSSR count). The van der Waals surface area contributed by atoms with E-state index in [1.165, 1.54) is 0 Å². The molecule has 7 nitrogen and oxygen atoms in total. The molecular weight excluding hydrogens is 378 g/mol. The molecule has 2 heterocycles. The average molecular weight is 422 g/mol. The van der Waals surface area contributed by atoms with Gasteiger partial charge >= 0.3 is 6.09 Å². The molecule has 2 saturated heterocycles. The number of carbonyl (C=O) groups is 1. The summed E-state index contributed by atoms with van der Waals surface area (Å²) in [6, 6.07) is 0.473. The van der Waals surface area contributed by atoms with Gasteiger partial charge in [0.25, 0.3) is 0 Å². The number of amides is 1. The van der Waals surface area contributed by atoms with Gasteiger partial charge in [-0.25, -0.2) is 4.79 Å². The molecule has 0 aromatic rings. The Morgan fingerprint density at radius 2 is 1.97 bits per heavy atom. The van der Waals surface area contributed by atoms with Gasteiger partial charge < -0.3 is 20.3 Å².